The molecule has 1 amide bonds. The quantitative estimate of drug-likeness (QED) is 0.315. The van der Waals surface area contributed by atoms with Crippen molar-refractivity contribution >= 4 is 11.7 Å². The van der Waals surface area contributed by atoms with Crippen molar-refractivity contribution in [3.05, 3.63) is 0 Å². The molecule has 20 heavy (non-hydrogen) atoms. The van der Waals surface area contributed by atoms with Crippen LogP contribution in [0.2, 0.25) is 0 Å². The summed E-state index contributed by atoms with van der Waals surface area (Å²) in [6, 6.07) is 0. The van der Waals surface area contributed by atoms with Crippen molar-refractivity contribution in [2.45, 2.75) is 33.1 Å². The van der Waals surface area contributed by atoms with E-state index in [1.807, 2.05) is 19.0 Å². The maximum absolute atomic E-state index is 12.8. The molecule has 0 radical (unpaired) electrons. The van der Waals surface area contributed by atoms with Crippen LogP contribution in [-0.4, -0.2) is 60.5 Å². The Morgan fingerprint density at radius 1 is 1.35 bits per heavy atom. The molecule has 1 aliphatic carbocycles. The number of nitrogens with zero attached hydrogens (tertiary/aromatic N) is 3. The van der Waals surface area contributed by atoms with E-state index >= 15 is 0 Å². The van der Waals surface area contributed by atoms with Crippen LogP contribution in [0.3, 0.4) is 0 Å². The Morgan fingerprint density at radius 2 is 1.95 bits per heavy atom. The van der Waals surface area contributed by atoms with Crippen LogP contribution in [0.25, 0.3) is 0 Å². The Balaban J connectivity index is 2.85. The number of amides is 1. The number of oxime groups is 1. The van der Waals surface area contributed by atoms with Crippen molar-refractivity contribution in [3.63, 3.8) is 0 Å². The van der Waals surface area contributed by atoms with Crippen molar-refractivity contribution in [1.29, 1.82) is 0 Å². The monoisotopic (exact) mass is 284 g/mol. The number of carbonyl (C=O) groups excluding carboxylic acids is 1. The summed E-state index contributed by atoms with van der Waals surface area (Å²) in [5.74, 6) is 0.512. The maximum atomic E-state index is 12.8. The summed E-state index contributed by atoms with van der Waals surface area (Å²) in [7, 11) is 3.97. The van der Waals surface area contributed by atoms with Gasteiger partial charge in [0.05, 0.1) is 0 Å². The lowest BCUT2D eigenvalue weighted by atomic mass is 9.61. The Hall–Kier alpha value is -1.30. The van der Waals surface area contributed by atoms with Gasteiger partial charge in [-0.05, 0) is 39.3 Å². The van der Waals surface area contributed by atoms with Gasteiger partial charge >= 0.3 is 0 Å². The summed E-state index contributed by atoms with van der Waals surface area (Å²) < 4.78 is 0. The largest absolute Gasteiger partial charge is 0.409 e. The summed E-state index contributed by atoms with van der Waals surface area (Å²) in [5, 5.41) is 12.1. The Kier molecular flexibility index (Phi) is 5.80. The predicted octanol–water partition coefficient (Wildman–Crippen LogP) is 0.949. The van der Waals surface area contributed by atoms with Crippen LogP contribution in [0.5, 0.6) is 0 Å². The molecule has 116 valence electrons. The van der Waals surface area contributed by atoms with Crippen LogP contribution in [0.1, 0.15) is 33.1 Å². The zero-order chi connectivity index (χ0) is 15.3. The first-order valence-corrected chi connectivity index (χ1v) is 7.29. The van der Waals surface area contributed by atoms with Gasteiger partial charge in [0.2, 0.25) is 5.91 Å². The third-order valence-corrected chi connectivity index (χ3v) is 4.00. The summed E-state index contributed by atoms with van der Waals surface area (Å²) in [5.41, 5.74) is 5.03. The van der Waals surface area contributed by atoms with Crippen LogP contribution in [0, 0.1) is 11.3 Å². The molecule has 3 N–H and O–H groups in total. The highest BCUT2D eigenvalue weighted by molar-refractivity contribution is 6.07. The SMILES string of the molecule is CCCN(CCN(C)C)C(=O)C1(C(N)=NO)CC(C)C1. The van der Waals surface area contributed by atoms with Gasteiger partial charge in [0.1, 0.15) is 5.41 Å². The van der Waals surface area contributed by atoms with Gasteiger partial charge in [-0.3, -0.25) is 4.79 Å². The fourth-order valence-electron chi connectivity index (χ4n) is 2.93. The first-order valence-electron chi connectivity index (χ1n) is 7.29. The van der Waals surface area contributed by atoms with Gasteiger partial charge in [-0.25, -0.2) is 0 Å². The lowest BCUT2D eigenvalue weighted by Crippen LogP contribution is -2.58. The lowest BCUT2D eigenvalue weighted by Gasteiger charge is -2.46. The second kappa shape index (κ2) is 6.92. The van der Waals surface area contributed by atoms with E-state index in [0.717, 1.165) is 13.0 Å². The molecule has 0 atom stereocenters. The molecule has 6 heteroatoms. The molecule has 1 saturated carbocycles. The van der Waals surface area contributed by atoms with Crippen LogP contribution < -0.4 is 5.73 Å². The minimum atomic E-state index is -0.782. The highest BCUT2D eigenvalue weighted by Crippen LogP contribution is 2.47. The predicted molar refractivity (Wildman–Crippen MR) is 79.7 cm³/mol. The zero-order valence-corrected chi connectivity index (χ0v) is 13.1. The van der Waals surface area contributed by atoms with E-state index in [-0.39, 0.29) is 11.7 Å². The van der Waals surface area contributed by atoms with Crippen molar-refractivity contribution in [1.82, 2.24) is 9.80 Å². The van der Waals surface area contributed by atoms with Crippen LogP contribution in [0.4, 0.5) is 0 Å². The van der Waals surface area contributed by atoms with Crippen molar-refractivity contribution in [3.8, 4) is 0 Å². The number of amidine groups is 1. The summed E-state index contributed by atoms with van der Waals surface area (Å²) in [6.07, 6.45) is 2.24. The fourth-order valence-corrected chi connectivity index (χ4v) is 2.93. The molecular weight excluding hydrogens is 256 g/mol. The smallest absolute Gasteiger partial charge is 0.236 e. The van der Waals surface area contributed by atoms with Gasteiger partial charge in [-0.2, -0.15) is 0 Å². The number of hydrogen-bond donors (Lipinski definition) is 2. The second-order valence-electron chi connectivity index (χ2n) is 6.18. The molecule has 6 nitrogen and oxygen atoms in total. The van der Waals surface area contributed by atoms with E-state index in [9.17, 15) is 4.79 Å². The van der Waals surface area contributed by atoms with Gasteiger partial charge in [0.15, 0.2) is 5.84 Å². The standard InChI is InChI=1S/C14H28N4O2/c1-5-6-18(8-7-17(3)4)13(19)14(12(15)16-20)9-11(2)10-14/h11,20H,5-10H2,1-4H3,(H2,15,16). The highest BCUT2D eigenvalue weighted by atomic mass is 16.4. The summed E-state index contributed by atoms with van der Waals surface area (Å²) in [6.45, 7) is 6.33. The molecule has 0 aromatic heterocycles. The average Bonchev–Trinajstić information content (AvgIpc) is 2.37. The molecule has 0 aliphatic heterocycles. The van der Waals surface area contributed by atoms with Crippen LogP contribution in [0.15, 0.2) is 5.16 Å². The minimum Gasteiger partial charge on any atom is -0.409 e. The van der Waals surface area contributed by atoms with Crippen molar-refractivity contribution in [2.75, 3.05) is 33.7 Å². The Labute approximate surface area is 121 Å². The molecule has 0 bridgehead atoms. The molecule has 0 aromatic rings. The van der Waals surface area contributed by atoms with E-state index in [0.29, 0.717) is 31.8 Å². The Bertz CT molecular complexity index is 362. The molecule has 1 rings (SSSR count). The molecule has 1 aliphatic rings. The normalized spacial score (nSPS) is 26.4. The minimum absolute atomic E-state index is 0.00889. The number of hydrogen-bond acceptors (Lipinski definition) is 4. The summed E-state index contributed by atoms with van der Waals surface area (Å²) in [4.78, 5) is 16.7. The fraction of sp³-hybridized carbons (Fsp3) is 0.857. The number of likely N-dealkylation sites (N-methyl/N-ethyl adjacent to an activating group) is 1. The van der Waals surface area contributed by atoms with Gasteiger partial charge in [-0.1, -0.05) is 19.0 Å². The van der Waals surface area contributed by atoms with E-state index in [4.69, 9.17) is 10.9 Å². The second-order valence-corrected chi connectivity index (χ2v) is 6.18. The van der Waals surface area contributed by atoms with Gasteiger partial charge in [-0.15, -0.1) is 0 Å². The van der Waals surface area contributed by atoms with Crippen molar-refractivity contribution in [2.24, 2.45) is 22.2 Å². The molecule has 0 saturated heterocycles. The first kappa shape index (κ1) is 16.8. The molecule has 0 aromatic carbocycles. The Morgan fingerprint density at radius 3 is 2.35 bits per heavy atom. The zero-order valence-electron chi connectivity index (χ0n) is 13.1. The van der Waals surface area contributed by atoms with Gasteiger partial charge < -0.3 is 20.7 Å². The number of nitrogens with two attached hydrogens (primary N) is 1. The highest BCUT2D eigenvalue weighted by Gasteiger charge is 2.53. The molecule has 0 heterocycles. The molecular formula is C14H28N4O2. The topological polar surface area (TPSA) is 82.2 Å². The van der Waals surface area contributed by atoms with E-state index in [1.165, 1.54) is 0 Å². The molecule has 1 fully saturated rings. The molecule has 0 spiro atoms. The van der Waals surface area contributed by atoms with Gasteiger partial charge in [0.25, 0.3) is 0 Å². The lowest BCUT2D eigenvalue weighted by molar-refractivity contribution is -0.144. The van der Waals surface area contributed by atoms with E-state index < -0.39 is 5.41 Å². The average molecular weight is 284 g/mol. The molecule has 0 unspecified atom stereocenters. The maximum Gasteiger partial charge on any atom is 0.236 e. The van der Waals surface area contributed by atoms with Crippen molar-refractivity contribution < 1.29 is 10.0 Å². The first-order chi connectivity index (χ1) is 9.37. The number of rotatable bonds is 7. The third kappa shape index (κ3) is 3.42. The van der Waals surface area contributed by atoms with E-state index in [2.05, 4.69) is 23.9 Å². The van der Waals surface area contributed by atoms with E-state index in [1.54, 1.807) is 0 Å². The number of carbonyl (C=O) groups is 1. The third-order valence-electron chi connectivity index (χ3n) is 4.00. The summed E-state index contributed by atoms with van der Waals surface area (Å²) >= 11 is 0. The van der Waals surface area contributed by atoms with Gasteiger partial charge in [0, 0.05) is 19.6 Å². The van der Waals surface area contributed by atoms with Crippen LogP contribution >= 0.6 is 0 Å². The van der Waals surface area contributed by atoms with Crippen LogP contribution in [-0.2, 0) is 4.79 Å².